The minimum atomic E-state index is -0.0732. The zero-order chi connectivity index (χ0) is 16.8. The Bertz CT molecular complexity index is 690. The predicted molar refractivity (Wildman–Crippen MR) is 101 cm³/mol. The van der Waals surface area contributed by atoms with Crippen LogP contribution in [-0.2, 0) is 0 Å². The highest BCUT2D eigenvalue weighted by Crippen LogP contribution is 2.12. The molecule has 0 aliphatic heterocycles. The van der Waals surface area contributed by atoms with Crippen LogP contribution in [-0.4, -0.2) is 43.1 Å². The Morgan fingerprint density at radius 3 is 2.65 bits per heavy atom. The lowest BCUT2D eigenvalue weighted by molar-refractivity contribution is 0.0954. The molecule has 1 heterocycles. The molecule has 6 nitrogen and oxygen atoms in total. The van der Waals surface area contributed by atoms with E-state index in [4.69, 9.17) is 0 Å². The van der Waals surface area contributed by atoms with Gasteiger partial charge in [0.05, 0.1) is 5.56 Å². The summed E-state index contributed by atoms with van der Waals surface area (Å²) in [6.45, 7) is 2.99. The van der Waals surface area contributed by atoms with Crippen LogP contribution in [0.25, 0.3) is 0 Å². The summed E-state index contributed by atoms with van der Waals surface area (Å²) in [4.78, 5) is 22.8. The van der Waals surface area contributed by atoms with Crippen LogP contribution in [0, 0.1) is 10.5 Å². The first kappa shape index (κ1) is 17.5. The van der Waals surface area contributed by atoms with E-state index in [9.17, 15) is 4.79 Å². The van der Waals surface area contributed by atoms with Crippen LogP contribution in [0.1, 0.15) is 16.1 Å². The van der Waals surface area contributed by atoms with Gasteiger partial charge in [0.15, 0.2) is 0 Å². The molecule has 0 fully saturated rings. The van der Waals surface area contributed by atoms with E-state index < -0.39 is 0 Å². The molecule has 2 aromatic rings. The number of benzene rings is 1. The second-order valence-electron chi connectivity index (χ2n) is 5.25. The van der Waals surface area contributed by atoms with E-state index in [1.165, 1.54) is 0 Å². The van der Waals surface area contributed by atoms with Gasteiger partial charge >= 0.3 is 0 Å². The normalized spacial score (nSPS) is 10.3. The summed E-state index contributed by atoms with van der Waals surface area (Å²) in [5.41, 5.74) is 1.59. The van der Waals surface area contributed by atoms with Gasteiger partial charge < -0.3 is 15.5 Å². The Morgan fingerprint density at radius 2 is 1.96 bits per heavy atom. The first-order valence-corrected chi connectivity index (χ1v) is 8.35. The highest BCUT2D eigenvalue weighted by atomic mass is 127. The smallest absolute Gasteiger partial charge is 0.252 e. The van der Waals surface area contributed by atoms with E-state index in [0.717, 1.165) is 15.1 Å². The van der Waals surface area contributed by atoms with E-state index in [0.29, 0.717) is 24.6 Å². The lowest BCUT2D eigenvalue weighted by Gasteiger charge is -2.14. The summed E-state index contributed by atoms with van der Waals surface area (Å²) in [6, 6.07) is 9.43. The van der Waals surface area contributed by atoms with Crippen LogP contribution >= 0.6 is 22.6 Å². The molecule has 0 radical (unpaired) electrons. The van der Waals surface area contributed by atoms with Gasteiger partial charge in [-0.25, -0.2) is 4.98 Å². The van der Waals surface area contributed by atoms with Crippen LogP contribution < -0.4 is 15.5 Å². The predicted octanol–water partition coefficient (Wildman–Crippen LogP) is 2.30. The van der Waals surface area contributed by atoms with Gasteiger partial charge in [-0.1, -0.05) is 12.1 Å². The quantitative estimate of drug-likeness (QED) is 0.549. The van der Waals surface area contributed by atoms with Crippen molar-refractivity contribution in [2.75, 3.05) is 37.4 Å². The molecule has 0 atom stereocenters. The van der Waals surface area contributed by atoms with Crippen molar-refractivity contribution >= 4 is 40.3 Å². The summed E-state index contributed by atoms with van der Waals surface area (Å²) in [5.74, 6) is 1.34. The molecule has 0 unspecified atom stereocenters. The molecule has 7 heteroatoms. The highest BCUT2D eigenvalue weighted by Gasteiger charge is 2.08. The number of rotatable bonds is 6. The maximum Gasteiger partial charge on any atom is 0.252 e. The van der Waals surface area contributed by atoms with Crippen molar-refractivity contribution in [3.05, 3.63) is 45.2 Å². The molecule has 1 aromatic heterocycles. The van der Waals surface area contributed by atoms with Gasteiger partial charge in [-0.3, -0.25) is 4.79 Å². The van der Waals surface area contributed by atoms with E-state index in [1.807, 2.05) is 56.3 Å². The molecule has 1 aromatic carbocycles. The number of nitrogens with zero attached hydrogens (tertiary/aromatic N) is 3. The fourth-order valence-electron chi connectivity index (χ4n) is 1.95. The van der Waals surface area contributed by atoms with Gasteiger partial charge in [0.2, 0.25) is 5.95 Å². The molecule has 0 saturated heterocycles. The average molecular weight is 425 g/mol. The number of anilines is 2. The summed E-state index contributed by atoms with van der Waals surface area (Å²) < 4.78 is 0.938. The molecule has 0 spiro atoms. The first-order valence-electron chi connectivity index (χ1n) is 7.27. The second-order valence-corrected chi connectivity index (χ2v) is 6.41. The fraction of sp³-hybridized carbons (Fsp3) is 0.312. The van der Waals surface area contributed by atoms with Crippen molar-refractivity contribution < 1.29 is 4.79 Å². The third-order valence-electron chi connectivity index (χ3n) is 3.11. The van der Waals surface area contributed by atoms with Gasteiger partial charge in [-0.05, 0) is 41.6 Å². The Morgan fingerprint density at radius 1 is 1.22 bits per heavy atom. The third kappa shape index (κ3) is 5.05. The highest BCUT2D eigenvalue weighted by molar-refractivity contribution is 14.1. The maximum absolute atomic E-state index is 12.1. The van der Waals surface area contributed by atoms with Crippen LogP contribution in [0.4, 0.5) is 11.8 Å². The third-order valence-corrected chi connectivity index (χ3v) is 4.05. The number of carbonyl (C=O) groups is 1. The number of aromatic nitrogens is 2. The Kier molecular flexibility index (Phi) is 6.14. The Hall–Kier alpha value is -1.90. The largest absolute Gasteiger partial charge is 0.363 e. The molecule has 2 N–H and O–H groups in total. The SMILES string of the molecule is Cc1cc(N(C)C)nc(NCCNC(=O)c2ccccc2I)n1. The minimum Gasteiger partial charge on any atom is -0.363 e. The molecule has 2 rings (SSSR count). The van der Waals surface area contributed by atoms with E-state index in [2.05, 4.69) is 43.2 Å². The second kappa shape index (κ2) is 8.09. The van der Waals surface area contributed by atoms with Gasteiger partial charge in [0, 0.05) is 42.5 Å². The molecule has 0 saturated carbocycles. The molecular formula is C16H20IN5O. The number of hydrogen-bond donors (Lipinski definition) is 2. The molecule has 0 aliphatic rings. The summed E-state index contributed by atoms with van der Waals surface area (Å²) in [5, 5.41) is 6.03. The lowest BCUT2D eigenvalue weighted by atomic mass is 10.2. The van der Waals surface area contributed by atoms with Gasteiger partial charge in [-0.2, -0.15) is 4.98 Å². The van der Waals surface area contributed by atoms with Crippen molar-refractivity contribution in [3.63, 3.8) is 0 Å². The first-order chi connectivity index (χ1) is 11.0. The molecule has 23 heavy (non-hydrogen) atoms. The maximum atomic E-state index is 12.1. The zero-order valence-electron chi connectivity index (χ0n) is 13.4. The van der Waals surface area contributed by atoms with E-state index in [1.54, 1.807) is 0 Å². The summed E-state index contributed by atoms with van der Waals surface area (Å²) >= 11 is 2.16. The number of nitrogens with one attached hydrogen (secondary N) is 2. The van der Waals surface area contributed by atoms with Crippen molar-refractivity contribution in [2.45, 2.75) is 6.92 Å². The lowest BCUT2D eigenvalue weighted by Crippen LogP contribution is -2.29. The Balaban J connectivity index is 1.86. The van der Waals surface area contributed by atoms with Crippen molar-refractivity contribution in [2.24, 2.45) is 0 Å². The van der Waals surface area contributed by atoms with Crippen LogP contribution in [0.2, 0.25) is 0 Å². The van der Waals surface area contributed by atoms with Crippen LogP contribution in [0.5, 0.6) is 0 Å². The van der Waals surface area contributed by atoms with E-state index >= 15 is 0 Å². The van der Waals surface area contributed by atoms with Gasteiger partial charge in [-0.15, -0.1) is 0 Å². The number of halogens is 1. The monoisotopic (exact) mass is 425 g/mol. The molecule has 122 valence electrons. The Labute approximate surface area is 149 Å². The number of aryl methyl sites for hydroxylation is 1. The molecule has 0 bridgehead atoms. The number of amides is 1. The number of carbonyl (C=O) groups excluding carboxylic acids is 1. The summed E-state index contributed by atoms with van der Waals surface area (Å²) in [7, 11) is 3.88. The van der Waals surface area contributed by atoms with Crippen LogP contribution in [0.15, 0.2) is 30.3 Å². The van der Waals surface area contributed by atoms with Gasteiger partial charge in [0.25, 0.3) is 5.91 Å². The van der Waals surface area contributed by atoms with Crippen molar-refractivity contribution in [1.29, 1.82) is 0 Å². The topological polar surface area (TPSA) is 70.2 Å². The fourth-order valence-corrected chi connectivity index (χ4v) is 2.58. The van der Waals surface area contributed by atoms with E-state index in [-0.39, 0.29) is 5.91 Å². The number of hydrogen-bond acceptors (Lipinski definition) is 5. The zero-order valence-corrected chi connectivity index (χ0v) is 15.6. The molecular weight excluding hydrogens is 405 g/mol. The van der Waals surface area contributed by atoms with Crippen molar-refractivity contribution in [1.82, 2.24) is 15.3 Å². The molecule has 0 aliphatic carbocycles. The molecule has 1 amide bonds. The van der Waals surface area contributed by atoms with Crippen LogP contribution in [0.3, 0.4) is 0 Å². The van der Waals surface area contributed by atoms with Gasteiger partial charge in [0.1, 0.15) is 5.82 Å². The standard InChI is InChI=1S/C16H20IN5O/c1-11-10-14(22(2)3)21-16(20-11)19-9-8-18-15(23)12-6-4-5-7-13(12)17/h4-7,10H,8-9H2,1-3H3,(H,18,23)(H,19,20,21). The van der Waals surface area contributed by atoms with Crippen molar-refractivity contribution in [3.8, 4) is 0 Å². The minimum absolute atomic E-state index is 0.0732. The average Bonchev–Trinajstić information content (AvgIpc) is 2.51. The summed E-state index contributed by atoms with van der Waals surface area (Å²) in [6.07, 6.45) is 0.